The first-order valence-electron chi connectivity index (χ1n) is 7.51. The van der Waals surface area contributed by atoms with Crippen LogP contribution in [-0.4, -0.2) is 30.1 Å². The Labute approximate surface area is 132 Å². The van der Waals surface area contributed by atoms with Gasteiger partial charge in [0.05, 0.1) is 18.4 Å². The molecule has 2 heterocycles. The van der Waals surface area contributed by atoms with Crippen LogP contribution in [0, 0.1) is 11.6 Å². The van der Waals surface area contributed by atoms with E-state index in [9.17, 15) is 13.6 Å². The fourth-order valence-corrected chi connectivity index (χ4v) is 2.75. The van der Waals surface area contributed by atoms with Crippen LogP contribution in [0.1, 0.15) is 29.0 Å². The van der Waals surface area contributed by atoms with Crippen LogP contribution in [0.15, 0.2) is 41.0 Å². The van der Waals surface area contributed by atoms with Crippen molar-refractivity contribution in [1.82, 2.24) is 4.90 Å². The van der Waals surface area contributed by atoms with Gasteiger partial charge in [0.1, 0.15) is 17.4 Å². The van der Waals surface area contributed by atoms with Gasteiger partial charge >= 0.3 is 0 Å². The summed E-state index contributed by atoms with van der Waals surface area (Å²) in [5, 5.41) is 0. The van der Waals surface area contributed by atoms with Gasteiger partial charge in [0.25, 0.3) is 5.91 Å². The Morgan fingerprint density at radius 2 is 2.00 bits per heavy atom. The first kappa shape index (κ1) is 15.7. The van der Waals surface area contributed by atoms with E-state index in [4.69, 9.17) is 9.15 Å². The number of furan rings is 1. The number of hydrogen-bond donors (Lipinski definition) is 0. The number of hydrogen-bond acceptors (Lipinski definition) is 3. The lowest BCUT2D eigenvalue weighted by Gasteiger charge is -2.34. The first-order chi connectivity index (χ1) is 11.1. The van der Waals surface area contributed by atoms with Gasteiger partial charge in [0, 0.05) is 25.3 Å². The average Bonchev–Trinajstić information content (AvgIpc) is 3.06. The molecular formula is C17H17F2NO3. The Balaban J connectivity index is 1.88. The van der Waals surface area contributed by atoms with Gasteiger partial charge < -0.3 is 14.1 Å². The molecule has 0 N–H and O–H groups in total. The Bertz CT molecular complexity index is 666. The Morgan fingerprint density at radius 3 is 2.65 bits per heavy atom. The fourth-order valence-electron chi connectivity index (χ4n) is 2.75. The molecule has 1 saturated heterocycles. The molecule has 0 atom stereocenters. The van der Waals surface area contributed by atoms with Crippen LogP contribution in [0.5, 0.6) is 0 Å². The molecule has 0 spiro atoms. The molecule has 1 aliphatic heterocycles. The SMILES string of the molecule is O=C(c1ccc(F)cc1F)N(Cc1ccco1)C1CCOCC1. The largest absolute Gasteiger partial charge is 0.467 e. The number of amides is 1. The quantitative estimate of drug-likeness (QED) is 0.867. The van der Waals surface area contributed by atoms with Gasteiger partial charge in [-0.2, -0.15) is 0 Å². The molecule has 0 radical (unpaired) electrons. The van der Waals surface area contributed by atoms with Crippen molar-refractivity contribution in [3.05, 3.63) is 59.6 Å². The monoisotopic (exact) mass is 321 g/mol. The van der Waals surface area contributed by atoms with E-state index in [1.54, 1.807) is 17.0 Å². The number of benzene rings is 1. The van der Waals surface area contributed by atoms with Crippen molar-refractivity contribution in [3.63, 3.8) is 0 Å². The van der Waals surface area contributed by atoms with Crippen LogP contribution >= 0.6 is 0 Å². The van der Waals surface area contributed by atoms with Crippen molar-refractivity contribution in [3.8, 4) is 0 Å². The minimum absolute atomic E-state index is 0.0641. The van der Waals surface area contributed by atoms with E-state index in [1.165, 1.54) is 12.3 Å². The minimum atomic E-state index is -0.855. The molecule has 1 aromatic carbocycles. The van der Waals surface area contributed by atoms with E-state index in [2.05, 4.69) is 0 Å². The normalized spacial score (nSPS) is 15.6. The summed E-state index contributed by atoms with van der Waals surface area (Å²) in [6.07, 6.45) is 2.88. The standard InChI is InChI=1S/C17H17F2NO3/c18-12-3-4-15(16(19)10-12)17(21)20(11-14-2-1-7-23-14)13-5-8-22-9-6-13/h1-4,7,10,13H,5-6,8-9,11H2. The maximum absolute atomic E-state index is 14.0. The Kier molecular flexibility index (Phi) is 4.71. The highest BCUT2D eigenvalue weighted by Gasteiger charge is 2.29. The summed E-state index contributed by atoms with van der Waals surface area (Å²) in [5.41, 5.74) is -0.135. The summed E-state index contributed by atoms with van der Waals surface area (Å²) in [4.78, 5) is 14.4. The molecular weight excluding hydrogens is 304 g/mol. The number of halogens is 2. The zero-order valence-corrected chi connectivity index (χ0v) is 12.5. The molecule has 1 amide bonds. The molecule has 0 saturated carbocycles. The molecule has 0 aliphatic carbocycles. The van der Waals surface area contributed by atoms with Gasteiger partial charge in [0.15, 0.2) is 0 Å². The predicted molar refractivity (Wildman–Crippen MR) is 78.8 cm³/mol. The van der Waals surface area contributed by atoms with Gasteiger partial charge in [-0.05, 0) is 37.1 Å². The molecule has 4 nitrogen and oxygen atoms in total. The summed E-state index contributed by atoms with van der Waals surface area (Å²) < 4.78 is 37.7. The van der Waals surface area contributed by atoms with Crippen molar-refractivity contribution in [2.75, 3.05) is 13.2 Å². The summed E-state index contributed by atoms with van der Waals surface area (Å²) in [5.74, 6) is -1.41. The third-order valence-electron chi connectivity index (χ3n) is 3.96. The molecule has 0 bridgehead atoms. The second-order valence-corrected chi connectivity index (χ2v) is 5.48. The molecule has 6 heteroatoms. The van der Waals surface area contributed by atoms with Gasteiger partial charge in [-0.1, -0.05) is 0 Å². The molecule has 122 valence electrons. The molecule has 1 aliphatic rings. The lowest BCUT2D eigenvalue weighted by molar-refractivity contribution is 0.0247. The van der Waals surface area contributed by atoms with Gasteiger partial charge in [-0.3, -0.25) is 4.79 Å². The lowest BCUT2D eigenvalue weighted by Crippen LogP contribution is -2.43. The lowest BCUT2D eigenvalue weighted by atomic mass is 10.0. The summed E-state index contributed by atoms with van der Waals surface area (Å²) in [6, 6.07) is 6.43. The molecule has 1 fully saturated rings. The van der Waals surface area contributed by atoms with Crippen LogP contribution in [0.3, 0.4) is 0 Å². The van der Waals surface area contributed by atoms with Crippen LogP contribution in [0.25, 0.3) is 0 Å². The zero-order chi connectivity index (χ0) is 16.2. The smallest absolute Gasteiger partial charge is 0.257 e. The van der Waals surface area contributed by atoms with Crippen molar-refractivity contribution in [1.29, 1.82) is 0 Å². The second-order valence-electron chi connectivity index (χ2n) is 5.48. The van der Waals surface area contributed by atoms with Crippen LogP contribution in [0.2, 0.25) is 0 Å². The fraction of sp³-hybridized carbons (Fsp3) is 0.353. The van der Waals surface area contributed by atoms with Crippen molar-refractivity contribution in [2.24, 2.45) is 0 Å². The molecule has 2 aromatic rings. The third-order valence-corrected chi connectivity index (χ3v) is 3.96. The molecule has 1 aromatic heterocycles. The Hall–Kier alpha value is -2.21. The number of nitrogens with zero attached hydrogens (tertiary/aromatic N) is 1. The highest BCUT2D eigenvalue weighted by Crippen LogP contribution is 2.22. The van der Waals surface area contributed by atoms with E-state index in [0.717, 1.165) is 12.1 Å². The minimum Gasteiger partial charge on any atom is -0.467 e. The number of carbonyl (C=O) groups excluding carboxylic acids is 1. The Morgan fingerprint density at radius 1 is 1.22 bits per heavy atom. The topological polar surface area (TPSA) is 42.7 Å². The summed E-state index contributed by atoms with van der Waals surface area (Å²) in [6.45, 7) is 1.35. The summed E-state index contributed by atoms with van der Waals surface area (Å²) >= 11 is 0. The van der Waals surface area contributed by atoms with Crippen LogP contribution < -0.4 is 0 Å². The average molecular weight is 321 g/mol. The maximum atomic E-state index is 14.0. The van der Waals surface area contributed by atoms with E-state index >= 15 is 0 Å². The van der Waals surface area contributed by atoms with Crippen LogP contribution in [0.4, 0.5) is 8.78 Å². The van der Waals surface area contributed by atoms with E-state index in [0.29, 0.717) is 31.8 Å². The molecule has 3 rings (SSSR count). The molecule has 0 unspecified atom stereocenters. The van der Waals surface area contributed by atoms with Gasteiger partial charge in [0.2, 0.25) is 0 Å². The number of carbonyl (C=O) groups is 1. The first-order valence-corrected chi connectivity index (χ1v) is 7.51. The van der Waals surface area contributed by atoms with Gasteiger partial charge in [-0.25, -0.2) is 8.78 Å². The zero-order valence-electron chi connectivity index (χ0n) is 12.5. The highest BCUT2D eigenvalue weighted by molar-refractivity contribution is 5.94. The predicted octanol–water partition coefficient (Wildman–Crippen LogP) is 3.38. The number of ether oxygens (including phenoxy) is 1. The molecule has 23 heavy (non-hydrogen) atoms. The van der Waals surface area contributed by atoms with Crippen molar-refractivity contribution < 1.29 is 22.7 Å². The van der Waals surface area contributed by atoms with Crippen molar-refractivity contribution >= 4 is 5.91 Å². The number of rotatable bonds is 4. The second kappa shape index (κ2) is 6.91. The van der Waals surface area contributed by atoms with Crippen LogP contribution in [-0.2, 0) is 11.3 Å². The highest BCUT2D eigenvalue weighted by atomic mass is 19.1. The van der Waals surface area contributed by atoms with Gasteiger partial charge in [-0.15, -0.1) is 0 Å². The van der Waals surface area contributed by atoms with E-state index in [-0.39, 0.29) is 18.2 Å². The third kappa shape index (κ3) is 3.59. The van der Waals surface area contributed by atoms with E-state index in [1.807, 2.05) is 0 Å². The van der Waals surface area contributed by atoms with E-state index < -0.39 is 17.5 Å². The summed E-state index contributed by atoms with van der Waals surface area (Å²) in [7, 11) is 0. The van der Waals surface area contributed by atoms with Crippen molar-refractivity contribution in [2.45, 2.75) is 25.4 Å². The maximum Gasteiger partial charge on any atom is 0.257 e.